The Labute approximate surface area is 71.0 Å². The van der Waals surface area contributed by atoms with Crippen LogP contribution in [0.4, 0.5) is 0 Å². The summed E-state index contributed by atoms with van der Waals surface area (Å²) in [5.41, 5.74) is 1.22. The van der Waals surface area contributed by atoms with Gasteiger partial charge < -0.3 is 9.84 Å². The van der Waals surface area contributed by atoms with Crippen LogP contribution in [0.15, 0.2) is 11.6 Å². The number of hydrogen-bond donors (Lipinski definition) is 1. The van der Waals surface area contributed by atoms with E-state index in [2.05, 4.69) is 6.08 Å². The van der Waals surface area contributed by atoms with Crippen LogP contribution in [-0.2, 0) is 9.53 Å². The molecule has 2 aliphatic rings. The highest BCUT2D eigenvalue weighted by Crippen LogP contribution is 2.38. The number of allylic oxidation sites excluding steroid dienone is 2. The molecule has 0 radical (unpaired) electrons. The van der Waals surface area contributed by atoms with Gasteiger partial charge in [0.25, 0.3) is 0 Å². The zero-order chi connectivity index (χ0) is 8.72. The van der Waals surface area contributed by atoms with Crippen molar-refractivity contribution in [3.8, 4) is 0 Å². The molecule has 0 saturated carbocycles. The fraction of sp³-hybridized carbons (Fsp3) is 0.667. The molecule has 1 aliphatic heterocycles. The standard InChI is InChI=1S/C9H12O3/c1-5-2-3-6-7(4-5)9(11)12-8(6)10/h2,6-8,10H,3-4H2,1H3. The first-order valence-corrected chi connectivity index (χ1v) is 4.22. The molecule has 0 bridgehead atoms. The third-order valence-electron chi connectivity index (χ3n) is 2.70. The topological polar surface area (TPSA) is 46.5 Å². The van der Waals surface area contributed by atoms with Crippen LogP contribution in [0.3, 0.4) is 0 Å². The zero-order valence-electron chi connectivity index (χ0n) is 6.99. The molecule has 0 aromatic rings. The zero-order valence-corrected chi connectivity index (χ0v) is 6.99. The van der Waals surface area contributed by atoms with Crippen LogP contribution in [0.2, 0.25) is 0 Å². The number of cyclic esters (lactones) is 1. The number of rotatable bonds is 0. The Bertz CT molecular complexity index is 244. The van der Waals surface area contributed by atoms with Crippen molar-refractivity contribution >= 4 is 5.97 Å². The van der Waals surface area contributed by atoms with E-state index in [-0.39, 0.29) is 17.8 Å². The predicted molar refractivity (Wildman–Crippen MR) is 42.1 cm³/mol. The van der Waals surface area contributed by atoms with Gasteiger partial charge in [0, 0.05) is 5.92 Å². The van der Waals surface area contributed by atoms with Gasteiger partial charge in [-0.25, -0.2) is 0 Å². The molecule has 0 amide bonds. The van der Waals surface area contributed by atoms with Crippen LogP contribution in [0.5, 0.6) is 0 Å². The summed E-state index contributed by atoms with van der Waals surface area (Å²) in [5.74, 6) is -0.328. The van der Waals surface area contributed by atoms with Crippen LogP contribution in [0, 0.1) is 11.8 Å². The number of aliphatic hydroxyl groups is 1. The first-order valence-electron chi connectivity index (χ1n) is 4.22. The van der Waals surface area contributed by atoms with E-state index in [1.54, 1.807) is 0 Å². The molecule has 3 nitrogen and oxygen atoms in total. The lowest BCUT2D eigenvalue weighted by atomic mass is 9.81. The molecule has 1 saturated heterocycles. The summed E-state index contributed by atoms with van der Waals surface area (Å²) in [6.45, 7) is 2.01. The van der Waals surface area contributed by atoms with Crippen molar-refractivity contribution < 1.29 is 14.6 Å². The second-order valence-corrected chi connectivity index (χ2v) is 3.59. The fourth-order valence-corrected chi connectivity index (χ4v) is 1.95. The lowest BCUT2D eigenvalue weighted by molar-refractivity contribution is -0.156. The van der Waals surface area contributed by atoms with Crippen molar-refractivity contribution in [2.45, 2.75) is 26.1 Å². The van der Waals surface area contributed by atoms with E-state index >= 15 is 0 Å². The van der Waals surface area contributed by atoms with E-state index in [4.69, 9.17) is 4.74 Å². The van der Waals surface area contributed by atoms with Gasteiger partial charge in [-0.2, -0.15) is 0 Å². The number of carbonyl (C=O) groups is 1. The van der Waals surface area contributed by atoms with Crippen LogP contribution >= 0.6 is 0 Å². The highest BCUT2D eigenvalue weighted by atomic mass is 16.6. The number of hydrogen-bond acceptors (Lipinski definition) is 3. The highest BCUT2D eigenvalue weighted by Gasteiger charge is 2.44. The minimum absolute atomic E-state index is 0.00111. The molecule has 3 unspecified atom stereocenters. The number of fused-ring (bicyclic) bond motifs is 1. The summed E-state index contributed by atoms with van der Waals surface area (Å²) in [5, 5.41) is 9.31. The van der Waals surface area contributed by atoms with Crippen molar-refractivity contribution in [3.05, 3.63) is 11.6 Å². The largest absolute Gasteiger partial charge is 0.435 e. The minimum Gasteiger partial charge on any atom is -0.435 e. The van der Waals surface area contributed by atoms with Crippen molar-refractivity contribution in [2.75, 3.05) is 0 Å². The maximum atomic E-state index is 11.2. The van der Waals surface area contributed by atoms with E-state index in [1.165, 1.54) is 5.57 Å². The molecule has 0 spiro atoms. The Morgan fingerprint density at radius 1 is 1.67 bits per heavy atom. The van der Waals surface area contributed by atoms with E-state index in [1.807, 2.05) is 6.92 Å². The van der Waals surface area contributed by atoms with Gasteiger partial charge in [0.1, 0.15) is 0 Å². The van der Waals surface area contributed by atoms with Gasteiger partial charge in [0.05, 0.1) is 5.92 Å². The molecule has 1 heterocycles. The van der Waals surface area contributed by atoms with Crippen molar-refractivity contribution in [1.82, 2.24) is 0 Å². The molecular weight excluding hydrogens is 156 g/mol. The Balaban J connectivity index is 2.21. The smallest absolute Gasteiger partial charge is 0.312 e. The molecule has 1 aliphatic carbocycles. The predicted octanol–water partition coefficient (Wildman–Crippen LogP) is 0.834. The molecule has 3 atom stereocenters. The lowest BCUT2D eigenvalue weighted by Crippen LogP contribution is -2.23. The molecule has 0 aromatic carbocycles. The van der Waals surface area contributed by atoms with Gasteiger partial charge in [0.15, 0.2) is 0 Å². The van der Waals surface area contributed by atoms with Gasteiger partial charge in [-0.1, -0.05) is 11.6 Å². The molecule has 12 heavy (non-hydrogen) atoms. The van der Waals surface area contributed by atoms with Crippen molar-refractivity contribution in [1.29, 1.82) is 0 Å². The normalized spacial score (nSPS) is 40.3. The maximum Gasteiger partial charge on any atom is 0.312 e. The van der Waals surface area contributed by atoms with Gasteiger partial charge in [-0.15, -0.1) is 0 Å². The third kappa shape index (κ3) is 1.05. The first-order chi connectivity index (χ1) is 5.68. The molecule has 0 aromatic heterocycles. The Morgan fingerprint density at radius 3 is 3.17 bits per heavy atom. The van der Waals surface area contributed by atoms with Crippen molar-refractivity contribution in [2.24, 2.45) is 11.8 Å². The summed E-state index contributed by atoms with van der Waals surface area (Å²) in [6.07, 6.45) is 2.72. The molecular formula is C9H12O3. The fourth-order valence-electron chi connectivity index (χ4n) is 1.95. The number of carbonyl (C=O) groups excluding carboxylic acids is 1. The molecule has 2 rings (SSSR count). The highest BCUT2D eigenvalue weighted by molar-refractivity contribution is 5.75. The number of aliphatic hydroxyl groups excluding tert-OH is 1. The minimum atomic E-state index is -0.869. The molecule has 1 fully saturated rings. The SMILES string of the molecule is CC1=CCC2C(O)OC(=O)C2C1. The van der Waals surface area contributed by atoms with E-state index < -0.39 is 6.29 Å². The third-order valence-corrected chi connectivity index (χ3v) is 2.70. The monoisotopic (exact) mass is 168 g/mol. The Morgan fingerprint density at radius 2 is 2.42 bits per heavy atom. The van der Waals surface area contributed by atoms with Crippen molar-refractivity contribution in [3.63, 3.8) is 0 Å². The summed E-state index contributed by atoms with van der Waals surface area (Å²) in [6, 6.07) is 0. The van der Waals surface area contributed by atoms with Crippen LogP contribution in [0.25, 0.3) is 0 Å². The van der Waals surface area contributed by atoms with Gasteiger partial charge in [0.2, 0.25) is 6.29 Å². The maximum absolute atomic E-state index is 11.2. The Kier molecular flexibility index (Phi) is 1.68. The van der Waals surface area contributed by atoms with Gasteiger partial charge >= 0.3 is 5.97 Å². The van der Waals surface area contributed by atoms with E-state index in [9.17, 15) is 9.90 Å². The summed E-state index contributed by atoms with van der Waals surface area (Å²) < 4.78 is 4.74. The van der Waals surface area contributed by atoms with Gasteiger partial charge in [-0.3, -0.25) is 4.79 Å². The molecule has 3 heteroatoms. The first kappa shape index (κ1) is 7.80. The molecule has 1 N–H and O–H groups in total. The Hall–Kier alpha value is -0.830. The number of ether oxygens (including phenoxy) is 1. The summed E-state index contributed by atoms with van der Waals surface area (Å²) >= 11 is 0. The molecule has 66 valence electrons. The second-order valence-electron chi connectivity index (χ2n) is 3.59. The van der Waals surface area contributed by atoms with Crippen LogP contribution in [0.1, 0.15) is 19.8 Å². The summed E-state index contributed by atoms with van der Waals surface area (Å²) in [7, 11) is 0. The van der Waals surface area contributed by atoms with E-state index in [0.29, 0.717) is 0 Å². The number of esters is 1. The summed E-state index contributed by atoms with van der Waals surface area (Å²) in [4.78, 5) is 11.2. The second kappa shape index (κ2) is 2.59. The quantitative estimate of drug-likeness (QED) is 0.430. The van der Waals surface area contributed by atoms with Crippen LogP contribution in [-0.4, -0.2) is 17.4 Å². The van der Waals surface area contributed by atoms with E-state index in [0.717, 1.165) is 12.8 Å². The average Bonchev–Trinajstić information content (AvgIpc) is 2.28. The van der Waals surface area contributed by atoms with Gasteiger partial charge in [-0.05, 0) is 19.8 Å². The average molecular weight is 168 g/mol. The lowest BCUT2D eigenvalue weighted by Gasteiger charge is -2.20. The van der Waals surface area contributed by atoms with Crippen LogP contribution < -0.4 is 0 Å².